The minimum atomic E-state index is -0.360. The van der Waals surface area contributed by atoms with Gasteiger partial charge in [-0.05, 0) is 18.2 Å². The van der Waals surface area contributed by atoms with Crippen molar-refractivity contribution >= 4 is 23.2 Å². The largest absolute Gasteiger partial charge is 0.399 e. The number of nitriles is 1. The molecule has 92 valence electrons. The molecule has 1 aromatic rings. The lowest BCUT2D eigenvalue weighted by Gasteiger charge is -2.16. The highest BCUT2D eigenvalue weighted by molar-refractivity contribution is 6.22. The summed E-state index contributed by atoms with van der Waals surface area (Å²) in [5.74, 6) is -1.26. The standard InChI is InChI=1S/C13H13N3O2/c1-7-8(2)13(18)16(12(7)17)11-4-3-10(15)5-9(11)6-14/h3-5,7-8H,15H2,1-2H3. The molecule has 0 radical (unpaired) electrons. The molecule has 2 rings (SSSR count). The number of rotatable bonds is 1. The zero-order valence-electron chi connectivity index (χ0n) is 10.2. The maximum Gasteiger partial charge on any atom is 0.237 e. The highest BCUT2D eigenvalue weighted by Crippen LogP contribution is 2.32. The minimum Gasteiger partial charge on any atom is -0.399 e. The van der Waals surface area contributed by atoms with Crippen LogP contribution in [0.25, 0.3) is 0 Å². The molecule has 1 aromatic carbocycles. The lowest BCUT2D eigenvalue weighted by atomic mass is 10.00. The van der Waals surface area contributed by atoms with Crippen molar-refractivity contribution < 1.29 is 9.59 Å². The topological polar surface area (TPSA) is 87.2 Å². The summed E-state index contributed by atoms with van der Waals surface area (Å²) < 4.78 is 0. The van der Waals surface area contributed by atoms with Crippen molar-refractivity contribution in [1.82, 2.24) is 0 Å². The minimum absolute atomic E-state index is 0.234. The normalized spacial score (nSPS) is 23.3. The molecule has 2 unspecified atom stereocenters. The number of hydrogen-bond acceptors (Lipinski definition) is 4. The van der Waals surface area contributed by atoms with Gasteiger partial charge in [0.1, 0.15) is 6.07 Å². The van der Waals surface area contributed by atoms with Gasteiger partial charge in [-0.1, -0.05) is 13.8 Å². The van der Waals surface area contributed by atoms with Crippen molar-refractivity contribution in [3.63, 3.8) is 0 Å². The summed E-state index contributed by atoms with van der Waals surface area (Å²) in [5, 5.41) is 9.05. The quantitative estimate of drug-likeness (QED) is 0.594. The van der Waals surface area contributed by atoms with Gasteiger partial charge in [0.25, 0.3) is 0 Å². The second-order valence-electron chi connectivity index (χ2n) is 4.48. The fraction of sp³-hybridized carbons (Fsp3) is 0.308. The van der Waals surface area contributed by atoms with E-state index in [-0.39, 0.29) is 29.2 Å². The third-order valence-corrected chi connectivity index (χ3v) is 3.35. The zero-order chi connectivity index (χ0) is 13.4. The summed E-state index contributed by atoms with van der Waals surface area (Å²) in [5.41, 5.74) is 6.56. The van der Waals surface area contributed by atoms with Gasteiger partial charge >= 0.3 is 0 Å². The number of nitrogen functional groups attached to an aromatic ring is 1. The van der Waals surface area contributed by atoms with Crippen LogP contribution in [-0.4, -0.2) is 11.8 Å². The van der Waals surface area contributed by atoms with Crippen LogP contribution in [0.4, 0.5) is 11.4 Å². The van der Waals surface area contributed by atoms with Crippen molar-refractivity contribution in [1.29, 1.82) is 5.26 Å². The smallest absolute Gasteiger partial charge is 0.237 e. The average molecular weight is 243 g/mol. The van der Waals surface area contributed by atoms with Crippen molar-refractivity contribution in [2.75, 3.05) is 10.6 Å². The first-order chi connectivity index (χ1) is 8.47. The second-order valence-corrected chi connectivity index (χ2v) is 4.48. The summed E-state index contributed by atoms with van der Waals surface area (Å²) in [6.45, 7) is 3.43. The first kappa shape index (κ1) is 12.1. The summed E-state index contributed by atoms with van der Waals surface area (Å²) in [4.78, 5) is 25.2. The molecule has 18 heavy (non-hydrogen) atoms. The van der Waals surface area contributed by atoms with E-state index >= 15 is 0 Å². The van der Waals surface area contributed by atoms with Crippen molar-refractivity contribution in [2.45, 2.75) is 13.8 Å². The molecule has 0 aliphatic carbocycles. The molecule has 0 aromatic heterocycles. The summed E-state index contributed by atoms with van der Waals surface area (Å²) in [7, 11) is 0. The number of hydrogen-bond donors (Lipinski definition) is 1. The van der Waals surface area contributed by atoms with Crippen LogP contribution in [0.3, 0.4) is 0 Å². The Balaban J connectivity index is 2.54. The predicted molar refractivity (Wildman–Crippen MR) is 66.4 cm³/mol. The highest BCUT2D eigenvalue weighted by atomic mass is 16.2. The van der Waals surface area contributed by atoms with E-state index in [4.69, 9.17) is 11.0 Å². The molecule has 5 nitrogen and oxygen atoms in total. The summed E-state index contributed by atoms with van der Waals surface area (Å²) in [6, 6.07) is 6.53. The lowest BCUT2D eigenvalue weighted by Crippen LogP contribution is -2.31. The van der Waals surface area contributed by atoms with E-state index in [9.17, 15) is 9.59 Å². The molecular formula is C13H13N3O2. The molecule has 1 aliphatic heterocycles. The molecule has 0 bridgehead atoms. The number of anilines is 2. The van der Waals surface area contributed by atoms with E-state index in [0.717, 1.165) is 4.90 Å². The molecule has 1 aliphatic rings. The molecule has 0 spiro atoms. The van der Waals surface area contributed by atoms with Gasteiger partial charge in [-0.2, -0.15) is 5.26 Å². The maximum atomic E-state index is 12.0. The second kappa shape index (κ2) is 4.15. The first-order valence-corrected chi connectivity index (χ1v) is 5.64. The first-order valence-electron chi connectivity index (χ1n) is 5.64. The summed E-state index contributed by atoms with van der Waals surface area (Å²) in [6.07, 6.45) is 0. The van der Waals surface area contributed by atoms with E-state index in [1.54, 1.807) is 19.9 Å². The molecule has 2 atom stereocenters. The number of carbonyl (C=O) groups is 2. The molecule has 1 heterocycles. The van der Waals surface area contributed by atoms with Gasteiger partial charge in [-0.15, -0.1) is 0 Å². The van der Waals surface area contributed by atoms with Gasteiger partial charge in [0.15, 0.2) is 0 Å². The molecular weight excluding hydrogens is 230 g/mol. The number of nitrogens with zero attached hydrogens (tertiary/aromatic N) is 2. The monoisotopic (exact) mass is 243 g/mol. The van der Waals surface area contributed by atoms with E-state index in [1.807, 2.05) is 6.07 Å². The SMILES string of the molecule is CC1C(=O)N(c2ccc(N)cc2C#N)C(=O)C1C. The van der Waals surface area contributed by atoms with Crippen LogP contribution in [0.15, 0.2) is 18.2 Å². The van der Waals surface area contributed by atoms with Crippen LogP contribution in [0, 0.1) is 23.2 Å². The maximum absolute atomic E-state index is 12.0. The van der Waals surface area contributed by atoms with E-state index in [2.05, 4.69) is 0 Å². The number of imide groups is 1. The Kier molecular flexibility index (Phi) is 2.79. The van der Waals surface area contributed by atoms with E-state index < -0.39 is 0 Å². The fourth-order valence-corrected chi connectivity index (χ4v) is 2.02. The molecule has 2 N–H and O–H groups in total. The van der Waals surface area contributed by atoms with Gasteiger partial charge in [0.2, 0.25) is 11.8 Å². The van der Waals surface area contributed by atoms with Gasteiger partial charge in [0, 0.05) is 17.5 Å². The van der Waals surface area contributed by atoms with Crippen molar-refractivity contribution in [3.05, 3.63) is 23.8 Å². The van der Waals surface area contributed by atoms with Gasteiger partial charge < -0.3 is 5.73 Å². The van der Waals surface area contributed by atoms with Crippen LogP contribution in [0.2, 0.25) is 0 Å². The molecule has 1 saturated heterocycles. The van der Waals surface area contributed by atoms with Crippen LogP contribution in [0.5, 0.6) is 0 Å². The molecule has 5 heteroatoms. The Morgan fingerprint density at radius 1 is 1.22 bits per heavy atom. The Morgan fingerprint density at radius 3 is 2.28 bits per heavy atom. The number of benzene rings is 1. The molecule has 1 fully saturated rings. The Labute approximate surface area is 105 Å². The van der Waals surface area contributed by atoms with Crippen molar-refractivity contribution in [2.24, 2.45) is 11.8 Å². The Hall–Kier alpha value is -2.35. The van der Waals surface area contributed by atoms with Crippen LogP contribution >= 0.6 is 0 Å². The lowest BCUT2D eigenvalue weighted by molar-refractivity contribution is -0.122. The number of nitrogens with two attached hydrogens (primary N) is 1. The third-order valence-electron chi connectivity index (χ3n) is 3.35. The Morgan fingerprint density at radius 2 is 1.78 bits per heavy atom. The molecule has 2 amide bonds. The zero-order valence-corrected chi connectivity index (χ0v) is 10.2. The van der Waals surface area contributed by atoms with Gasteiger partial charge in [-0.25, -0.2) is 4.90 Å². The summed E-state index contributed by atoms with van der Waals surface area (Å²) >= 11 is 0. The van der Waals surface area contributed by atoms with Crippen LogP contribution in [-0.2, 0) is 9.59 Å². The number of amides is 2. The third kappa shape index (κ3) is 1.63. The average Bonchev–Trinajstić information content (AvgIpc) is 2.55. The van der Waals surface area contributed by atoms with Gasteiger partial charge in [0.05, 0.1) is 11.3 Å². The number of carbonyl (C=O) groups excluding carboxylic acids is 2. The molecule has 0 saturated carbocycles. The Bertz CT molecular complexity index is 554. The fourth-order valence-electron chi connectivity index (χ4n) is 2.02. The van der Waals surface area contributed by atoms with Crippen LogP contribution in [0.1, 0.15) is 19.4 Å². The predicted octanol–water partition coefficient (Wildman–Crippen LogP) is 1.29. The highest BCUT2D eigenvalue weighted by Gasteiger charge is 2.43. The van der Waals surface area contributed by atoms with Crippen LogP contribution < -0.4 is 10.6 Å². The van der Waals surface area contributed by atoms with E-state index in [1.165, 1.54) is 12.1 Å². The van der Waals surface area contributed by atoms with Crippen molar-refractivity contribution in [3.8, 4) is 6.07 Å². The van der Waals surface area contributed by atoms with Gasteiger partial charge in [-0.3, -0.25) is 9.59 Å². The van der Waals surface area contributed by atoms with E-state index in [0.29, 0.717) is 11.4 Å².